The highest BCUT2D eigenvalue weighted by Gasteiger charge is 2.69. The van der Waals surface area contributed by atoms with Gasteiger partial charge in [0.25, 0.3) is 0 Å². The zero-order chi connectivity index (χ0) is 27.0. The molecule has 198 valence electrons. The van der Waals surface area contributed by atoms with E-state index >= 15 is 0 Å². The Kier molecular flexibility index (Phi) is 7.87. The molecule has 0 bridgehead atoms. The Bertz CT molecular complexity index is 976. The standard InChI is InChI=1S/C27H41N5O4/c1-8-15(2)11-19(33)31-22(26(3,4)5)25(36)32-14-18-20(27(18,6)7)21(32)24(35)30-17(13-28)12-16-9-10-29-23(16)34/h16-18,20-22H,2,8-12,14H2,1,3-7H3,(H,29,34)(H,30,35)(H,31,33)/t16-,17-,18-,20-,21-,22+/m0/s1. The third-order valence-electron chi connectivity index (χ3n) is 8.24. The van der Waals surface area contributed by atoms with Crippen molar-refractivity contribution in [2.45, 2.75) is 85.4 Å². The van der Waals surface area contributed by atoms with E-state index in [2.05, 4.69) is 42.4 Å². The maximum Gasteiger partial charge on any atom is 0.246 e. The number of hydrogen-bond acceptors (Lipinski definition) is 5. The van der Waals surface area contributed by atoms with E-state index in [0.717, 1.165) is 5.57 Å². The van der Waals surface area contributed by atoms with Gasteiger partial charge >= 0.3 is 0 Å². The Balaban J connectivity index is 1.78. The number of likely N-dealkylation sites (tertiary alicyclic amines) is 1. The van der Waals surface area contributed by atoms with Crippen molar-refractivity contribution in [3.8, 4) is 6.07 Å². The number of carbonyl (C=O) groups is 4. The summed E-state index contributed by atoms with van der Waals surface area (Å²) in [7, 11) is 0. The van der Waals surface area contributed by atoms with Crippen LogP contribution in [0.15, 0.2) is 12.2 Å². The van der Waals surface area contributed by atoms with E-state index in [9.17, 15) is 24.4 Å². The lowest BCUT2D eigenvalue weighted by molar-refractivity contribution is -0.145. The van der Waals surface area contributed by atoms with E-state index in [4.69, 9.17) is 0 Å². The highest BCUT2D eigenvalue weighted by molar-refractivity contribution is 5.94. The highest BCUT2D eigenvalue weighted by atomic mass is 16.2. The summed E-state index contributed by atoms with van der Waals surface area (Å²) in [5.74, 6) is -1.17. The van der Waals surface area contributed by atoms with Crippen LogP contribution >= 0.6 is 0 Å². The quantitative estimate of drug-likeness (QED) is 0.417. The number of amides is 4. The van der Waals surface area contributed by atoms with Crippen LogP contribution in [0.25, 0.3) is 0 Å². The molecule has 2 aliphatic heterocycles. The molecule has 4 amide bonds. The second-order valence-electron chi connectivity index (χ2n) is 12.2. The first-order chi connectivity index (χ1) is 16.7. The lowest BCUT2D eigenvalue weighted by Crippen LogP contribution is -2.59. The lowest BCUT2D eigenvalue weighted by Gasteiger charge is -2.38. The van der Waals surface area contributed by atoms with Crippen molar-refractivity contribution in [3.63, 3.8) is 0 Å². The van der Waals surface area contributed by atoms with Crippen LogP contribution in [0.2, 0.25) is 0 Å². The first kappa shape index (κ1) is 27.7. The summed E-state index contributed by atoms with van der Waals surface area (Å²) in [5, 5.41) is 18.1. The third-order valence-corrected chi connectivity index (χ3v) is 8.24. The van der Waals surface area contributed by atoms with Gasteiger partial charge in [-0.1, -0.05) is 53.7 Å². The zero-order valence-corrected chi connectivity index (χ0v) is 22.4. The average molecular weight is 500 g/mol. The normalized spacial score (nSPS) is 27.8. The van der Waals surface area contributed by atoms with Gasteiger partial charge in [-0.15, -0.1) is 0 Å². The third kappa shape index (κ3) is 5.58. The molecule has 3 fully saturated rings. The molecule has 1 aliphatic carbocycles. The first-order valence-electron chi connectivity index (χ1n) is 13.0. The van der Waals surface area contributed by atoms with Gasteiger partial charge in [0.1, 0.15) is 18.1 Å². The molecule has 3 N–H and O–H groups in total. The van der Waals surface area contributed by atoms with Gasteiger partial charge in [-0.25, -0.2) is 0 Å². The fourth-order valence-electron chi connectivity index (χ4n) is 5.75. The van der Waals surface area contributed by atoms with Gasteiger partial charge in [-0.3, -0.25) is 19.2 Å². The van der Waals surface area contributed by atoms with E-state index < -0.39 is 23.5 Å². The number of fused-ring (bicyclic) bond motifs is 1. The van der Waals surface area contributed by atoms with Crippen molar-refractivity contribution >= 4 is 23.6 Å². The van der Waals surface area contributed by atoms with Crippen molar-refractivity contribution in [1.29, 1.82) is 5.26 Å². The minimum atomic E-state index is -0.817. The maximum atomic E-state index is 13.8. The number of piperidine rings is 1. The second-order valence-corrected chi connectivity index (χ2v) is 12.2. The minimum absolute atomic E-state index is 0.0215. The highest BCUT2D eigenvalue weighted by Crippen LogP contribution is 2.65. The molecule has 0 aromatic rings. The molecule has 6 atom stereocenters. The van der Waals surface area contributed by atoms with Crippen molar-refractivity contribution in [1.82, 2.24) is 20.9 Å². The minimum Gasteiger partial charge on any atom is -0.356 e. The molecular weight excluding hydrogens is 458 g/mol. The van der Waals surface area contributed by atoms with E-state index in [1.54, 1.807) is 4.90 Å². The van der Waals surface area contributed by atoms with E-state index in [1.807, 2.05) is 27.7 Å². The average Bonchev–Trinajstić information content (AvgIpc) is 3.15. The van der Waals surface area contributed by atoms with Crippen LogP contribution in [0.1, 0.15) is 67.2 Å². The van der Waals surface area contributed by atoms with Crippen molar-refractivity contribution in [2.24, 2.45) is 28.6 Å². The van der Waals surface area contributed by atoms with Crippen LogP contribution in [0.5, 0.6) is 0 Å². The van der Waals surface area contributed by atoms with Crippen LogP contribution in [0, 0.1) is 39.9 Å². The van der Waals surface area contributed by atoms with Crippen LogP contribution in [-0.2, 0) is 19.2 Å². The van der Waals surface area contributed by atoms with E-state index in [0.29, 0.717) is 25.9 Å². The smallest absolute Gasteiger partial charge is 0.246 e. The van der Waals surface area contributed by atoms with Crippen molar-refractivity contribution in [3.05, 3.63) is 12.2 Å². The largest absolute Gasteiger partial charge is 0.356 e. The predicted octanol–water partition coefficient (Wildman–Crippen LogP) is 1.89. The van der Waals surface area contributed by atoms with E-state index in [1.165, 1.54) is 0 Å². The number of carbonyl (C=O) groups excluding carboxylic acids is 4. The molecule has 0 unspecified atom stereocenters. The zero-order valence-electron chi connectivity index (χ0n) is 22.4. The maximum absolute atomic E-state index is 13.8. The predicted molar refractivity (Wildman–Crippen MR) is 135 cm³/mol. The number of hydrogen-bond donors (Lipinski definition) is 3. The molecule has 9 heteroatoms. The SMILES string of the molecule is C=C(CC)CC(=O)N[C@H](C(=O)N1C[C@H]2[C@@H]([C@H]1C(=O)N[C@H](C#N)C[C@@H]1CCNC1=O)C2(C)C)C(C)(C)C. The molecule has 2 saturated heterocycles. The molecule has 1 saturated carbocycles. The Hall–Kier alpha value is -2.89. The molecule has 3 rings (SSSR count). The molecule has 3 aliphatic rings. The second kappa shape index (κ2) is 10.2. The fraction of sp³-hybridized carbons (Fsp3) is 0.741. The summed E-state index contributed by atoms with van der Waals surface area (Å²) in [6.07, 6.45) is 1.71. The fourth-order valence-corrected chi connectivity index (χ4v) is 5.75. The van der Waals surface area contributed by atoms with Gasteiger partial charge in [0.2, 0.25) is 23.6 Å². The number of nitrogens with one attached hydrogen (secondary N) is 3. The van der Waals surface area contributed by atoms with Gasteiger partial charge in [-0.2, -0.15) is 5.26 Å². The van der Waals surface area contributed by atoms with Crippen LogP contribution < -0.4 is 16.0 Å². The summed E-state index contributed by atoms with van der Waals surface area (Å²) in [6, 6.07) is -0.234. The van der Waals surface area contributed by atoms with Gasteiger partial charge in [-0.05, 0) is 41.9 Å². The number of nitrogens with zero attached hydrogens (tertiary/aromatic N) is 2. The molecular formula is C27H41N5O4. The lowest BCUT2D eigenvalue weighted by atomic mass is 9.85. The van der Waals surface area contributed by atoms with Gasteiger partial charge in [0.15, 0.2) is 0 Å². The van der Waals surface area contributed by atoms with Crippen LogP contribution in [0.3, 0.4) is 0 Å². The monoisotopic (exact) mass is 499 g/mol. The summed E-state index contributed by atoms with van der Waals surface area (Å²) in [6.45, 7) is 16.7. The molecule has 0 aromatic carbocycles. The molecule has 0 aromatic heterocycles. The Morgan fingerprint density at radius 1 is 1.28 bits per heavy atom. The first-order valence-corrected chi connectivity index (χ1v) is 13.0. The summed E-state index contributed by atoms with van der Waals surface area (Å²) in [4.78, 5) is 53.6. The Morgan fingerprint density at radius 3 is 2.47 bits per heavy atom. The molecule has 36 heavy (non-hydrogen) atoms. The Morgan fingerprint density at radius 2 is 1.94 bits per heavy atom. The van der Waals surface area contributed by atoms with Crippen molar-refractivity contribution < 1.29 is 19.2 Å². The molecule has 0 radical (unpaired) electrons. The summed E-state index contributed by atoms with van der Waals surface area (Å²) < 4.78 is 0. The van der Waals surface area contributed by atoms with Crippen LogP contribution in [-0.4, -0.2) is 59.7 Å². The van der Waals surface area contributed by atoms with Crippen molar-refractivity contribution in [2.75, 3.05) is 13.1 Å². The van der Waals surface area contributed by atoms with Gasteiger partial charge < -0.3 is 20.9 Å². The Labute approximate surface area is 214 Å². The van der Waals surface area contributed by atoms with E-state index in [-0.39, 0.29) is 59.6 Å². The number of rotatable bonds is 9. The molecule has 0 spiro atoms. The topological polar surface area (TPSA) is 131 Å². The van der Waals surface area contributed by atoms with Gasteiger partial charge in [0.05, 0.1) is 6.07 Å². The summed E-state index contributed by atoms with van der Waals surface area (Å²) >= 11 is 0. The molecule has 2 heterocycles. The summed E-state index contributed by atoms with van der Waals surface area (Å²) in [5.41, 5.74) is 0.118. The number of nitriles is 1. The molecule has 9 nitrogen and oxygen atoms in total. The van der Waals surface area contributed by atoms with Gasteiger partial charge in [0, 0.05) is 25.4 Å². The van der Waals surface area contributed by atoms with Crippen LogP contribution in [0.4, 0.5) is 0 Å².